The molecule has 0 fully saturated rings. The van der Waals surface area contributed by atoms with Crippen LogP contribution in [0.4, 0.5) is 4.39 Å². The summed E-state index contributed by atoms with van der Waals surface area (Å²) in [7, 11) is 0. The number of rotatable bonds is 16. The van der Waals surface area contributed by atoms with Crippen molar-refractivity contribution in [1.82, 2.24) is 19.7 Å². The topological polar surface area (TPSA) is 114 Å². The minimum Gasteiger partial charge on any atom is -0.490 e. The molecule has 3 heterocycles. The van der Waals surface area contributed by atoms with E-state index in [-0.39, 0.29) is 23.8 Å². The first-order valence-electron chi connectivity index (χ1n) is 19.7. The van der Waals surface area contributed by atoms with Gasteiger partial charge in [0.1, 0.15) is 5.82 Å². The van der Waals surface area contributed by atoms with Crippen molar-refractivity contribution in [2.75, 3.05) is 39.6 Å². The average Bonchev–Trinajstić information content (AvgIpc) is 3.63. The molecule has 1 unspecified atom stereocenters. The van der Waals surface area contributed by atoms with Gasteiger partial charge in [-0.05, 0) is 105 Å². The molecule has 0 spiro atoms. The van der Waals surface area contributed by atoms with Crippen LogP contribution in [0.3, 0.4) is 0 Å². The fourth-order valence-corrected chi connectivity index (χ4v) is 7.40. The lowest BCUT2D eigenvalue weighted by atomic mass is 9.88. The first-order chi connectivity index (χ1) is 28.3. The Morgan fingerprint density at radius 3 is 2.19 bits per heavy atom. The number of esters is 1. The van der Waals surface area contributed by atoms with Crippen molar-refractivity contribution < 1.29 is 37.7 Å². The predicted molar refractivity (Wildman–Crippen MR) is 218 cm³/mol. The summed E-state index contributed by atoms with van der Waals surface area (Å²) in [4.78, 5) is 35.0. The largest absolute Gasteiger partial charge is 0.490 e. The lowest BCUT2D eigenvalue weighted by molar-refractivity contribution is -0.137. The number of pyridine rings is 1. The normalized spacial score (nSPS) is 13.5. The molecule has 0 saturated heterocycles. The van der Waals surface area contributed by atoms with Crippen molar-refractivity contribution in [3.05, 3.63) is 131 Å². The van der Waals surface area contributed by atoms with Gasteiger partial charge in [0.05, 0.1) is 61.9 Å². The van der Waals surface area contributed by atoms with Crippen LogP contribution in [0.15, 0.2) is 97.2 Å². The molecule has 11 nitrogen and oxygen atoms in total. The molecular weight excluding hydrogens is 740 g/mol. The predicted octanol–water partition coefficient (Wildman–Crippen LogP) is 8.41. The van der Waals surface area contributed by atoms with E-state index >= 15 is 0 Å². The summed E-state index contributed by atoms with van der Waals surface area (Å²) >= 11 is 0. The van der Waals surface area contributed by atoms with E-state index in [2.05, 4.69) is 5.10 Å². The Morgan fingerprint density at radius 2 is 1.47 bits per heavy atom. The van der Waals surface area contributed by atoms with Gasteiger partial charge in [0.2, 0.25) is 0 Å². The highest BCUT2D eigenvalue weighted by Crippen LogP contribution is 2.41. The van der Waals surface area contributed by atoms with E-state index in [9.17, 15) is 14.0 Å². The average molecular weight is 787 g/mol. The second kappa shape index (κ2) is 18.2. The van der Waals surface area contributed by atoms with Crippen LogP contribution in [0.1, 0.15) is 66.3 Å². The Kier molecular flexibility index (Phi) is 12.5. The lowest BCUT2D eigenvalue weighted by Crippen LogP contribution is -2.43. The number of carbonyl (C=O) groups is 2. The number of aromatic nitrogens is 3. The minimum absolute atomic E-state index is 0.213. The van der Waals surface area contributed by atoms with E-state index in [1.54, 1.807) is 34.0 Å². The van der Waals surface area contributed by atoms with Crippen molar-refractivity contribution in [3.8, 4) is 34.3 Å². The van der Waals surface area contributed by atoms with Crippen LogP contribution in [0, 0.1) is 5.82 Å². The smallest absolute Gasteiger partial charge is 0.339 e. The van der Waals surface area contributed by atoms with Gasteiger partial charge in [-0.1, -0.05) is 48.5 Å². The van der Waals surface area contributed by atoms with E-state index in [1.165, 1.54) is 12.1 Å². The molecule has 300 valence electrons. The Labute approximate surface area is 337 Å². The zero-order chi connectivity index (χ0) is 40.6. The fraction of sp³-hybridized carbons (Fsp3) is 0.304. The molecule has 0 N–H and O–H groups in total. The molecule has 0 radical (unpaired) electrons. The molecule has 12 heteroatoms. The number of benzene rings is 4. The maximum Gasteiger partial charge on any atom is 0.339 e. The summed E-state index contributed by atoms with van der Waals surface area (Å²) in [5.41, 5.74) is 5.55. The third kappa shape index (κ3) is 8.76. The molecule has 1 aliphatic heterocycles. The Hall–Kier alpha value is -6.43. The van der Waals surface area contributed by atoms with E-state index in [0.29, 0.717) is 91.1 Å². The SMILES string of the molecule is CCOc1ccc(CC2c3cc(OCC)c(OCC)cc3CCN2C(=O)COC(=O)c2cc(-c3ccccc3)nc3c2cnn3Cc2cccc(F)c2)cc1OCC. The summed E-state index contributed by atoms with van der Waals surface area (Å²) in [6.45, 7) is 9.71. The molecule has 1 aliphatic rings. The number of fused-ring (bicyclic) bond motifs is 2. The standard InChI is InChI=1S/C46H47FN4O7/c1-5-54-40-18-17-30(23-41(40)55-6-2)22-39-35-26-43(57-8-4)42(56-7-3)24-33(35)19-20-50(39)44(52)29-58-46(53)36-25-38(32-14-10-9-11-15-32)49-45-37(36)27-48-51(45)28-31-13-12-16-34(47)21-31/h9-18,21,23-27,39H,5-8,19-20,22,28-29H2,1-4H3. The number of ether oxygens (including phenoxy) is 5. The first-order valence-corrected chi connectivity index (χ1v) is 19.7. The zero-order valence-electron chi connectivity index (χ0n) is 33.2. The highest BCUT2D eigenvalue weighted by molar-refractivity contribution is 6.04. The van der Waals surface area contributed by atoms with Gasteiger partial charge in [-0.25, -0.2) is 18.9 Å². The van der Waals surface area contributed by atoms with E-state index < -0.39 is 18.6 Å². The molecule has 0 aliphatic carbocycles. The Bertz CT molecular complexity index is 2400. The number of hydrogen-bond acceptors (Lipinski definition) is 9. The molecule has 0 bridgehead atoms. The molecule has 7 rings (SSSR count). The summed E-state index contributed by atoms with van der Waals surface area (Å²) in [5.74, 6) is 1.14. The molecule has 4 aromatic carbocycles. The van der Waals surface area contributed by atoms with Crippen LogP contribution in [0.2, 0.25) is 0 Å². The molecule has 2 aromatic heterocycles. The van der Waals surface area contributed by atoms with Crippen LogP contribution >= 0.6 is 0 Å². The van der Waals surface area contributed by atoms with Crippen LogP contribution < -0.4 is 18.9 Å². The Morgan fingerprint density at radius 1 is 0.759 bits per heavy atom. The number of carbonyl (C=O) groups excluding carboxylic acids is 2. The lowest BCUT2D eigenvalue weighted by Gasteiger charge is -2.38. The number of amides is 1. The van der Waals surface area contributed by atoms with Crippen molar-refractivity contribution in [2.24, 2.45) is 0 Å². The molecule has 6 aromatic rings. The highest BCUT2D eigenvalue weighted by atomic mass is 19.1. The van der Waals surface area contributed by atoms with Gasteiger partial charge in [-0.15, -0.1) is 0 Å². The molecule has 58 heavy (non-hydrogen) atoms. The maximum atomic E-state index is 14.3. The fourth-order valence-electron chi connectivity index (χ4n) is 7.40. The highest BCUT2D eigenvalue weighted by Gasteiger charge is 2.33. The zero-order valence-corrected chi connectivity index (χ0v) is 33.2. The molecule has 1 atom stereocenters. The van der Waals surface area contributed by atoms with Crippen molar-refractivity contribution in [2.45, 2.75) is 53.1 Å². The molecule has 0 saturated carbocycles. The van der Waals surface area contributed by atoms with E-state index in [4.69, 9.17) is 28.7 Å². The van der Waals surface area contributed by atoms with Gasteiger partial charge in [0, 0.05) is 12.1 Å². The van der Waals surface area contributed by atoms with E-state index in [1.807, 2.05) is 88.4 Å². The van der Waals surface area contributed by atoms with Gasteiger partial charge in [-0.3, -0.25) is 4.79 Å². The summed E-state index contributed by atoms with van der Waals surface area (Å²) in [6.07, 6.45) is 2.57. The van der Waals surface area contributed by atoms with Crippen LogP contribution in [0.25, 0.3) is 22.3 Å². The monoisotopic (exact) mass is 786 g/mol. The van der Waals surface area contributed by atoms with Gasteiger partial charge in [0.15, 0.2) is 35.3 Å². The summed E-state index contributed by atoms with van der Waals surface area (Å²) in [5, 5.41) is 4.97. The summed E-state index contributed by atoms with van der Waals surface area (Å²) < 4.78 is 45.3. The minimum atomic E-state index is -0.690. The second-order valence-corrected chi connectivity index (χ2v) is 13.7. The molecule has 1 amide bonds. The third-order valence-corrected chi connectivity index (χ3v) is 9.97. The van der Waals surface area contributed by atoms with E-state index in [0.717, 1.165) is 22.3 Å². The van der Waals surface area contributed by atoms with Crippen LogP contribution in [-0.4, -0.2) is 71.1 Å². The van der Waals surface area contributed by atoms with Gasteiger partial charge in [-0.2, -0.15) is 5.10 Å². The van der Waals surface area contributed by atoms with Crippen molar-refractivity contribution >= 4 is 22.9 Å². The van der Waals surface area contributed by atoms with Crippen LogP contribution in [0.5, 0.6) is 23.0 Å². The van der Waals surface area contributed by atoms with Gasteiger partial charge < -0.3 is 28.6 Å². The maximum absolute atomic E-state index is 14.3. The van der Waals surface area contributed by atoms with Crippen molar-refractivity contribution in [1.29, 1.82) is 0 Å². The Balaban J connectivity index is 1.20. The second-order valence-electron chi connectivity index (χ2n) is 13.7. The molecular formula is C46H47FN4O7. The first kappa shape index (κ1) is 39.8. The van der Waals surface area contributed by atoms with Gasteiger partial charge >= 0.3 is 5.97 Å². The van der Waals surface area contributed by atoms with Crippen LogP contribution in [-0.2, 0) is 28.9 Å². The van der Waals surface area contributed by atoms with Gasteiger partial charge in [0.25, 0.3) is 5.91 Å². The quantitative estimate of drug-likeness (QED) is 0.0893. The number of hydrogen-bond donors (Lipinski definition) is 0. The third-order valence-electron chi connectivity index (χ3n) is 9.97. The summed E-state index contributed by atoms with van der Waals surface area (Å²) in [6, 6.07) is 26.8. The number of nitrogens with zero attached hydrogens (tertiary/aromatic N) is 4. The number of halogens is 1. The van der Waals surface area contributed by atoms with Crippen molar-refractivity contribution in [3.63, 3.8) is 0 Å².